The number of carbonyl (C=O) groups is 1. The average molecular weight is 411 g/mol. The van der Waals surface area contributed by atoms with Crippen LogP contribution in [-0.4, -0.2) is 21.4 Å². The number of para-hydroxylation sites is 1. The Morgan fingerprint density at radius 2 is 1.77 bits per heavy atom. The van der Waals surface area contributed by atoms with Crippen molar-refractivity contribution in [1.29, 1.82) is 5.26 Å². The van der Waals surface area contributed by atoms with Crippen LogP contribution in [-0.2, 0) is 6.42 Å². The summed E-state index contributed by atoms with van der Waals surface area (Å²) in [5.74, 6) is 0.281. The Bertz CT molecular complexity index is 1250. The summed E-state index contributed by atoms with van der Waals surface area (Å²) in [5.41, 5.74) is 9.14. The SMILES string of the molecule is N#Cc1c(Cc2ccccc2NC(=O)Nc2ccc(-c3ccccc3)nn2)noc1N. The fourth-order valence-corrected chi connectivity index (χ4v) is 2.99. The molecule has 0 spiro atoms. The van der Waals surface area contributed by atoms with Crippen LogP contribution in [0.15, 0.2) is 71.3 Å². The molecule has 0 saturated heterocycles. The molecule has 4 N–H and O–H groups in total. The number of hydrogen-bond acceptors (Lipinski definition) is 7. The van der Waals surface area contributed by atoms with Gasteiger partial charge in [0.25, 0.3) is 0 Å². The summed E-state index contributed by atoms with van der Waals surface area (Å²) in [6.45, 7) is 0. The van der Waals surface area contributed by atoms with Crippen molar-refractivity contribution in [3.63, 3.8) is 0 Å². The molecule has 2 aromatic heterocycles. The third-order valence-electron chi connectivity index (χ3n) is 4.50. The molecule has 9 heteroatoms. The normalized spacial score (nSPS) is 10.3. The van der Waals surface area contributed by atoms with Gasteiger partial charge in [0.1, 0.15) is 17.3 Å². The van der Waals surface area contributed by atoms with Crippen molar-refractivity contribution in [1.82, 2.24) is 15.4 Å². The molecule has 0 radical (unpaired) electrons. The van der Waals surface area contributed by atoms with E-state index in [9.17, 15) is 10.1 Å². The van der Waals surface area contributed by atoms with Crippen LogP contribution in [0.5, 0.6) is 0 Å². The first kappa shape index (κ1) is 19.6. The Labute approximate surface area is 177 Å². The minimum Gasteiger partial charge on any atom is -0.366 e. The quantitative estimate of drug-likeness (QED) is 0.453. The van der Waals surface area contributed by atoms with Gasteiger partial charge in [-0.1, -0.05) is 53.7 Å². The van der Waals surface area contributed by atoms with Gasteiger partial charge in [0.05, 0.1) is 5.69 Å². The lowest BCUT2D eigenvalue weighted by Gasteiger charge is -2.11. The van der Waals surface area contributed by atoms with Crippen molar-refractivity contribution in [2.45, 2.75) is 6.42 Å². The van der Waals surface area contributed by atoms with Crippen molar-refractivity contribution in [3.05, 3.63) is 83.6 Å². The number of aromatic nitrogens is 3. The van der Waals surface area contributed by atoms with Crippen LogP contribution in [0.3, 0.4) is 0 Å². The van der Waals surface area contributed by atoms with E-state index < -0.39 is 6.03 Å². The highest BCUT2D eigenvalue weighted by Crippen LogP contribution is 2.23. The number of nitrogens with one attached hydrogen (secondary N) is 2. The first-order valence-corrected chi connectivity index (χ1v) is 9.33. The number of nitrogen functional groups attached to an aromatic ring is 1. The van der Waals surface area contributed by atoms with Gasteiger partial charge in [-0.25, -0.2) is 4.79 Å². The lowest BCUT2D eigenvalue weighted by atomic mass is 10.1. The molecule has 0 fully saturated rings. The summed E-state index contributed by atoms with van der Waals surface area (Å²) in [5, 5.41) is 26.7. The standard InChI is InChI=1S/C22H17N7O2/c23-13-16-19(29-31-21(16)24)12-15-8-4-5-9-17(15)25-22(30)26-20-11-10-18(27-28-20)14-6-2-1-3-7-14/h1-11H,12,24H2,(H2,25,26,28,30). The molecule has 0 saturated carbocycles. The van der Waals surface area contributed by atoms with Gasteiger partial charge in [0.15, 0.2) is 5.82 Å². The van der Waals surface area contributed by atoms with E-state index in [-0.39, 0.29) is 17.9 Å². The summed E-state index contributed by atoms with van der Waals surface area (Å²) in [7, 11) is 0. The number of nitriles is 1. The zero-order valence-corrected chi connectivity index (χ0v) is 16.2. The van der Waals surface area contributed by atoms with E-state index in [1.807, 2.05) is 48.5 Å². The van der Waals surface area contributed by atoms with E-state index in [1.54, 1.807) is 24.3 Å². The van der Waals surface area contributed by atoms with Crippen molar-refractivity contribution >= 4 is 23.4 Å². The van der Waals surface area contributed by atoms with Crippen molar-refractivity contribution in [2.24, 2.45) is 0 Å². The lowest BCUT2D eigenvalue weighted by Crippen LogP contribution is -2.21. The highest BCUT2D eigenvalue weighted by Gasteiger charge is 2.16. The molecule has 31 heavy (non-hydrogen) atoms. The number of anilines is 3. The zero-order chi connectivity index (χ0) is 21.6. The van der Waals surface area contributed by atoms with E-state index in [0.29, 0.717) is 22.9 Å². The zero-order valence-electron chi connectivity index (χ0n) is 16.2. The molecule has 2 heterocycles. The minimum atomic E-state index is -0.477. The van der Waals surface area contributed by atoms with Crippen molar-refractivity contribution in [3.8, 4) is 17.3 Å². The number of hydrogen-bond donors (Lipinski definition) is 3. The summed E-state index contributed by atoms with van der Waals surface area (Å²) in [6.07, 6.45) is 0.269. The van der Waals surface area contributed by atoms with Crippen LogP contribution >= 0.6 is 0 Å². The smallest absolute Gasteiger partial charge is 0.324 e. The van der Waals surface area contributed by atoms with Gasteiger partial charge in [-0.05, 0) is 23.8 Å². The molecular formula is C22H17N7O2. The van der Waals surface area contributed by atoms with Crippen LogP contribution in [0.25, 0.3) is 11.3 Å². The van der Waals surface area contributed by atoms with Crippen molar-refractivity contribution < 1.29 is 9.32 Å². The number of carbonyl (C=O) groups excluding carboxylic acids is 1. The van der Waals surface area contributed by atoms with E-state index in [0.717, 1.165) is 11.1 Å². The van der Waals surface area contributed by atoms with Gasteiger partial charge < -0.3 is 15.6 Å². The number of benzene rings is 2. The number of amides is 2. The van der Waals surface area contributed by atoms with Gasteiger partial charge >= 0.3 is 6.03 Å². The Kier molecular flexibility index (Phi) is 5.53. The van der Waals surface area contributed by atoms with Gasteiger partial charge in [-0.3, -0.25) is 5.32 Å². The first-order valence-electron chi connectivity index (χ1n) is 9.33. The summed E-state index contributed by atoms with van der Waals surface area (Å²) in [4.78, 5) is 12.5. The number of nitrogens with zero attached hydrogens (tertiary/aromatic N) is 4. The molecule has 4 aromatic rings. The predicted molar refractivity (Wildman–Crippen MR) is 115 cm³/mol. The molecule has 0 bridgehead atoms. The van der Waals surface area contributed by atoms with Crippen LogP contribution in [0.1, 0.15) is 16.8 Å². The Hall–Kier alpha value is -4.71. The molecule has 0 unspecified atom stereocenters. The third-order valence-corrected chi connectivity index (χ3v) is 4.50. The van der Waals surface area contributed by atoms with E-state index in [4.69, 9.17) is 10.3 Å². The second-order valence-corrected chi connectivity index (χ2v) is 6.56. The van der Waals surface area contributed by atoms with Crippen LogP contribution in [0, 0.1) is 11.3 Å². The summed E-state index contributed by atoms with van der Waals surface area (Å²) < 4.78 is 4.89. The van der Waals surface area contributed by atoms with E-state index in [1.165, 1.54) is 0 Å². The summed E-state index contributed by atoms with van der Waals surface area (Å²) in [6, 6.07) is 21.8. The maximum atomic E-state index is 12.5. The molecule has 2 amide bonds. The topological polar surface area (TPSA) is 143 Å². The molecule has 0 aliphatic rings. The Morgan fingerprint density at radius 1 is 1.00 bits per heavy atom. The van der Waals surface area contributed by atoms with Crippen LogP contribution < -0.4 is 16.4 Å². The van der Waals surface area contributed by atoms with Crippen LogP contribution in [0.2, 0.25) is 0 Å². The maximum absolute atomic E-state index is 12.5. The average Bonchev–Trinajstić information content (AvgIpc) is 3.15. The number of rotatable bonds is 5. The highest BCUT2D eigenvalue weighted by molar-refractivity contribution is 5.99. The van der Waals surface area contributed by atoms with Gasteiger partial charge in [-0.15, -0.1) is 10.2 Å². The van der Waals surface area contributed by atoms with Gasteiger partial charge in [0, 0.05) is 17.7 Å². The second-order valence-electron chi connectivity index (χ2n) is 6.56. The monoisotopic (exact) mass is 411 g/mol. The van der Waals surface area contributed by atoms with E-state index in [2.05, 4.69) is 26.0 Å². The largest absolute Gasteiger partial charge is 0.366 e. The lowest BCUT2D eigenvalue weighted by molar-refractivity contribution is 0.262. The molecule has 152 valence electrons. The molecule has 4 rings (SSSR count). The second kappa shape index (κ2) is 8.75. The van der Waals surface area contributed by atoms with Gasteiger partial charge in [-0.2, -0.15) is 5.26 Å². The number of urea groups is 1. The fraction of sp³-hybridized carbons (Fsp3) is 0.0455. The third kappa shape index (κ3) is 4.49. The summed E-state index contributed by atoms with van der Waals surface area (Å²) >= 11 is 0. The molecule has 9 nitrogen and oxygen atoms in total. The predicted octanol–water partition coefficient (Wildman–Crippen LogP) is 3.82. The van der Waals surface area contributed by atoms with Crippen LogP contribution in [0.4, 0.5) is 22.2 Å². The molecule has 0 aliphatic carbocycles. The Balaban J connectivity index is 1.45. The van der Waals surface area contributed by atoms with Crippen molar-refractivity contribution in [2.75, 3.05) is 16.4 Å². The number of nitrogens with two attached hydrogens (primary N) is 1. The minimum absolute atomic E-state index is 0.0294. The fourth-order valence-electron chi connectivity index (χ4n) is 2.99. The molecule has 2 aromatic carbocycles. The van der Waals surface area contributed by atoms with E-state index >= 15 is 0 Å². The highest BCUT2D eigenvalue weighted by atomic mass is 16.5. The first-order chi connectivity index (χ1) is 15.1. The maximum Gasteiger partial charge on any atom is 0.324 e. The van der Waals surface area contributed by atoms with Gasteiger partial charge in [0.2, 0.25) is 5.88 Å². The molecular weight excluding hydrogens is 394 g/mol. The Morgan fingerprint density at radius 3 is 2.52 bits per heavy atom. The molecule has 0 aliphatic heterocycles. The molecule has 0 atom stereocenters.